The van der Waals surface area contributed by atoms with Crippen LogP contribution in [0.4, 0.5) is 0 Å². The summed E-state index contributed by atoms with van der Waals surface area (Å²) in [5.74, 6) is 0.921. The van der Waals surface area contributed by atoms with Crippen molar-refractivity contribution in [2.24, 2.45) is 0 Å². The molecule has 0 atom stereocenters. The van der Waals surface area contributed by atoms with Crippen molar-refractivity contribution in [3.8, 4) is 11.5 Å². The monoisotopic (exact) mass is 432 g/mol. The zero-order chi connectivity index (χ0) is 21.9. The molecule has 0 aromatic heterocycles. The number of methoxy groups -OCH3 is 1. The minimum atomic E-state index is -3.56. The number of carbonyl (C=O) groups excluding carboxylic acids is 1. The van der Waals surface area contributed by atoms with Gasteiger partial charge in [-0.05, 0) is 51.1 Å². The van der Waals surface area contributed by atoms with Crippen molar-refractivity contribution >= 4 is 15.9 Å². The molecular formula is C22H28N2O5S. The Kier molecular flexibility index (Phi) is 6.67. The lowest BCUT2D eigenvalue weighted by Crippen LogP contribution is -2.50. The van der Waals surface area contributed by atoms with Gasteiger partial charge < -0.3 is 14.4 Å². The van der Waals surface area contributed by atoms with Crippen LogP contribution in [0, 0.1) is 6.92 Å². The summed E-state index contributed by atoms with van der Waals surface area (Å²) in [6.07, 6.45) is -0.0102. The van der Waals surface area contributed by atoms with Gasteiger partial charge in [0, 0.05) is 31.7 Å². The van der Waals surface area contributed by atoms with Gasteiger partial charge in [-0.25, -0.2) is 8.42 Å². The molecule has 0 aliphatic carbocycles. The third kappa shape index (κ3) is 4.76. The van der Waals surface area contributed by atoms with Crippen LogP contribution in [-0.2, 0) is 10.0 Å². The summed E-state index contributed by atoms with van der Waals surface area (Å²) >= 11 is 0. The smallest absolute Gasteiger partial charge is 0.254 e. The molecule has 2 aromatic carbocycles. The number of nitrogens with zero attached hydrogens (tertiary/aromatic N) is 2. The molecule has 0 radical (unpaired) electrons. The van der Waals surface area contributed by atoms with Crippen LogP contribution in [-0.4, -0.2) is 62.9 Å². The Morgan fingerprint density at radius 1 is 0.967 bits per heavy atom. The highest BCUT2D eigenvalue weighted by atomic mass is 32.2. The van der Waals surface area contributed by atoms with Crippen molar-refractivity contribution in [3.05, 3.63) is 53.6 Å². The van der Waals surface area contributed by atoms with E-state index in [1.54, 1.807) is 47.4 Å². The van der Waals surface area contributed by atoms with Crippen LogP contribution < -0.4 is 9.47 Å². The van der Waals surface area contributed by atoms with E-state index < -0.39 is 10.0 Å². The van der Waals surface area contributed by atoms with E-state index in [4.69, 9.17) is 9.47 Å². The van der Waals surface area contributed by atoms with Gasteiger partial charge in [0.15, 0.2) is 11.5 Å². The van der Waals surface area contributed by atoms with Crippen molar-refractivity contribution in [1.82, 2.24) is 9.21 Å². The van der Waals surface area contributed by atoms with E-state index in [-0.39, 0.29) is 30.0 Å². The maximum absolute atomic E-state index is 12.9. The second-order valence-corrected chi connectivity index (χ2v) is 9.48. The lowest BCUT2D eigenvalue weighted by atomic mass is 10.1. The predicted molar refractivity (Wildman–Crippen MR) is 115 cm³/mol. The van der Waals surface area contributed by atoms with Crippen LogP contribution in [0.15, 0.2) is 47.4 Å². The van der Waals surface area contributed by atoms with Gasteiger partial charge in [-0.2, -0.15) is 4.31 Å². The second-order valence-electron chi connectivity index (χ2n) is 7.54. The molecule has 1 amide bonds. The van der Waals surface area contributed by atoms with E-state index in [2.05, 4.69) is 0 Å². The number of piperazine rings is 1. The van der Waals surface area contributed by atoms with Crippen LogP contribution in [0.5, 0.6) is 11.5 Å². The average molecular weight is 433 g/mol. The fraction of sp³-hybridized carbons (Fsp3) is 0.409. The van der Waals surface area contributed by atoms with Gasteiger partial charge in [-0.15, -0.1) is 0 Å². The van der Waals surface area contributed by atoms with Gasteiger partial charge >= 0.3 is 0 Å². The summed E-state index contributed by atoms with van der Waals surface area (Å²) in [6, 6.07) is 11.9. The number of sulfonamides is 1. The molecule has 0 unspecified atom stereocenters. The largest absolute Gasteiger partial charge is 0.493 e. The van der Waals surface area contributed by atoms with Crippen LogP contribution >= 0.6 is 0 Å². The van der Waals surface area contributed by atoms with Crippen LogP contribution in [0.1, 0.15) is 29.8 Å². The third-order valence-electron chi connectivity index (χ3n) is 4.96. The first-order chi connectivity index (χ1) is 14.2. The number of benzene rings is 2. The summed E-state index contributed by atoms with van der Waals surface area (Å²) in [5, 5.41) is 0. The van der Waals surface area contributed by atoms with Crippen LogP contribution in [0.2, 0.25) is 0 Å². The Hall–Kier alpha value is -2.58. The zero-order valence-electron chi connectivity index (χ0n) is 17.8. The standard InChI is InChI=1S/C22H28N2O5S/c1-16(2)29-20-10-7-18(15-21(20)28-4)22(25)23-11-13-24(14-12-23)30(26,27)19-8-5-17(3)6-9-19/h5-10,15-16H,11-14H2,1-4H3. The van der Waals surface area contributed by atoms with Crippen molar-refractivity contribution in [2.45, 2.75) is 31.8 Å². The first-order valence-corrected chi connectivity index (χ1v) is 11.4. The van der Waals surface area contributed by atoms with E-state index in [0.717, 1.165) is 5.56 Å². The first-order valence-electron chi connectivity index (χ1n) is 9.93. The third-order valence-corrected chi connectivity index (χ3v) is 6.87. The highest BCUT2D eigenvalue weighted by Crippen LogP contribution is 2.29. The molecule has 2 aromatic rings. The van der Waals surface area contributed by atoms with Crippen LogP contribution in [0.3, 0.4) is 0 Å². The Bertz CT molecular complexity index is 995. The molecule has 0 saturated carbocycles. The molecule has 7 nitrogen and oxygen atoms in total. The van der Waals surface area contributed by atoms with E-state index in [1.807, 2.05) is 20.8 Å². The molecule has 8 heteroatoms. The molecule has 1 fully saturated rings. The summed E-state index contributed by atoms with van der Waals surface area (Å²) in [5.41, 5.74) is 1.49. The number of ether oxygens (including phenoxy) is 2. The highest BCUT2D eigenvalue weighted by Gasteiger charge is 2.30. The Morgan fingerprint density at radius 3 is 2.17 bits per heavy atom. The molecule has 1 saturated heterocycles. The Balaban J connectivity index is 1.69. The highest BCUT2D eigenvalue weighted by molar-refractivity contribution is 7.89. The van der Waals surface area contributed by atoms with E-state index in [0.29, 0.717) is 30.2 Å². The summed E-state index contributed by atoms with van der Waals surface area (Å²) in [7, 11) is -2.03. The number of amides is 1. The number of hydrogen-bond acceptors (Lipinski definition) is 5. The van der Waals surface area contributed by atoms with Gasteiger partial charge in [0.1, 0.15) is 0 Å². The Morgan fingerprint density at radius 2 is 1.60 bits per heavy atom. The molecule has 3 rings (SSSR count). The van der Waals surface area contributed by atoms with Gasteiger partial charge in [0.2, 0.25) is 10.0 Å². The van der Waals surface area contributed by atoms with Crippen molar-refractivity contribution in [2.75, 3.05) is 33.3 Å². The lowest BCUT2D eigenvalue weighted by Gasteiger charge is -2.34. The van der Waals surface area contributed by atoms with Gasteiger partial charge in [-0.1, -0.05) is 17.7 Å². The average Bonchev–Trinajstić information content (AvgIpc) is 2.73. The summed E-state index contributed by atoms with van der Waals surface area (Å²) in [4.78, 5) is 14.9. The van der Waals surface area contributed by atoms with Crippen molar-refractivity contribution in [1.29, 1.82) is 0 Å². The maximum Gasteiger partial charge on any atom is 0.254 e. The summed E-state index contributed by atoms with van der Waals surface area (Å²) in [6.45, 7) is 6.93. The topological polar surface area (TPSA) is 76.2 Å². The predicted octanol–water partition coefficient (Wildman–Crippen LogP) is 2.94. The van der Waals surface area contributed by atoms with E-state index >= 15 is 0 Å². The lowest BCUT2D eigenvalue weighted by molar-refractivity contribution is 0.0697. The maximum atomic E-state index is 12.9. The van der Waals surface area contributed by atoms with Gasteiger partial charge in [-0.3, -0.25) is 4.79 Å². The summed E-state index contributed by atoms with van der Waals surface area (Å²) < 4.78 is 38.2. The number of hydrogen-bond donors (Lipinski definition) is 0. The molecule has 1 aliphatic rings. The molecule has 1 aliphatic heterocycles. The number of carbonyl (C=O) groups is 1. The van der Waals surface area contributed by atoms with Gasteiger partial charge in [0.05, 0.1) is 18.1 Å². The quantitative estimate of drug-likeness (QED) is 0.702. The number of rotatable bonds is 6. The fourth-order valence-electron chi connectivity index (χ4n) is 3.33. The molecular weight excluding hydrogens is 404 g/mol. The minimum absolute atomic E-state index is 0.0102. The number of aryl methyl sites for hydroxylation is 1. The van der Waals surface area contributed by atoms with Gasteiger partial charge in [0.25, 0.3) is 5.91 Å². The van der Waals surface area contributed by atoms with E-state index in [9.17, 15) is 13.2 Å². The molecule has 0 N–H and O–H groups in total. The Labute approximate surface area is 178 Å². The first kappa shape index (κ1) is 22.1. The van der Waals surface area contributed by atoms with Crippen molar-refractivity contribution < 1.29 is 22.7 Å². The second kappa shape index (κ2) is 9.06. The molecule has 0 bridgehead atoms. The fourth-order valence-corrected chi connectivity index (χ4v) is 4.75. The zero-order valence-corrected chi connectivity index (χ0v) is 18.6. The van der Waals surface area contributed by atoms with E-state index in [1.165, 1.54) is 11.4 Å². The molecule has 30 heavy (non-hydrogen) atoms. The molecule has 1 heterocycles. The van der Waals surface area contributed by atoms with Crippen LogP contribution in [0.25, 0.3) is 0 Å². The normalized spacial score (nSPS) is 15.3. The van der Waals surface area contributed by atoms with Crippen molar-refractivity contribution in [3.63, 3.8) is 0 Å². The molecule has 0 spiro atoms. The SMILES string of the molecule is COc1cc(C(=O)N2CCN(S(=O)(=O)c3ccc(C)cc3)CC2)ccc1OC(C)C. The minimum Gasteiger partial charge on any atom is -0.493 e. The molecule has 162 valence electrons.